The molecule has 0 aliphatic rings. The molecular weight excluding hydrogens is 306 g/mol. The second kappa shape index (κ2) is 15.0. The molecule has 23 heavy (non-hydrogen) atoms. The number of halogens is 1. The zero-order valence-corrected chi connectivity index (χ0v) is 15.5. The molecule has 2 nitrogen and oxygen atoms in total. The maximum atomic E-state index is 5.96. The van der Waals surface area contributed by atoms with Gasteiger partial charge in [0.25, 0.3) is 0 Å². The second-order valence-corrected chi connectivity index (χ2v) is 6.68. The maximum Gasteiger partial charge on any atom is 0.0591 e. The van der Waals surface area contributed by atoms with Crippen LogP contribution in [0, 0.1) is 0 Å². The SMILES string of the molecule is CCCCCCCCCCCOCCNCc1cccc(Cl)c1. The first-order valence-electron chi connectivity index (χ1n) is 9.36. The van der Waals surface area contributed by atoms with Crippen molar-refractivity contribution >= 4 is 11.6 Å². The Morgan fingerprint density at radius 3 is 2.30 bits per heavy atom. The Morgan fingerprint density at radius 2 is 1.61 bits per heavy atom. The first-order chi connectivity index (χ1) is 11.3. The quantitative estimate of drug-likeness (QED) is 0.397. The lowest BCUT2D eigenvalue weighted by Gasteiger charge is -2.07. The summed E-state index contributed by atoms with van der Waals surface area (Å²) in [6.45, 7) is 5.70. The molecule has 0 aromatic heterocycles. The van der Waals surface area contributed by atoms with Crippen molar-refractivity contribution in [1.82, 2.24) is 5.32 Å². The van der Waals surface area contributed by atoms with E-state index in [1.807, 2.05) is 18.2 Å². The number of unbranched alkanes of at least 4 members (excludes halogenated alkanes) is 8. The van der Waals surface area contributed by atoms with Crippen LogP contribution in [0.4, 0.5) is 0 Å². The summed E-state index contributed by atoms with van der Waals surface area (Å²) in [5.74, 6) is 0. The minimum atomic E-state index is 0.789. The van der Waals surface area contributed by atoms with Crippen LogP contribution >= 0.6 is 11.6 Å². The van der Waals surface area contributed by atoms with E-state index in [0.717, 1.165) is 31.3 Å². The highest BCUT2D eigenvalue weighted by Crippen LogP contribution is 2.10. The van der Waals surface area contributed by atoms with E-state index in [9.17, 15) is 0 Å². The highest BCUT2D eigenvalue weighted by Gasteiger charge is 1.95. The van der Waals surface area contributed by atoms with E-state index in [4.69, 9.17) is 16.3 Å². The van der Waals surface area contributed by atoms with Gasteiger partial charge in [-0.05, 0) is 24.1 Å². The predicted octanol–water partition coefficient (Wildman–Crippen LogP) is 5.98. The lowest BCUT2D eigenvalue weighted by molar-refractivity contribution is 0.131. The summed E-state index contributed by atoms with van der Waals surface area (Å²) in [5.41, 5.74) is 1.22. The minimum absolute atomic E-state index is 0.789. The fourth-order valence-corrected chi connectivity index (χ4v) is 2.85. The normalized spacial score (nSPS) is 11.0. The standard InChI is InChI=1S/C20H34ClNO/c1-2-3-4-5-6-7-8-9-10-15-23-16-14-22-18-19-12-11-13-20(21)17-19/h11-13,17,22H,2-10,14-16,18H2,1H3. The van der Waals surface area contributed by atoms with E-state index in [1.54, 1.807) is 0 Å². The molecule has 1 aromatic rings. The van der Waals surface area contributed by atoms with Crippen molar-refractivity contribution in [2.45, 2.75) is 71.3 Å². The number of hydrogen-bond donors (Lipinski definition) is 1. The zero-order chi connectivity index (χ0) is 16.6. The third-order valence-corrected chi connectivity index (χ3v) is 4.27. The average molecular weight is 340 g/mol. The Hall–Kier alpha value is -0.570. The molecule has 0 unspecified atom stereocenters. The molecule has 0 heterocycles. The van der Waals surface area contributed by atoms with Gasteiger partial charge in [-0.1, -0.05) is 82.0 Å². The van der Waals surface area contributed by atoms with E-state index in [1.165, 1.54) is 63.4 Å². The van der Waals surface area contributed by atoms with Crippen molar-refractivity contribution in [3.8, 4) is 0 Å². The summed E-state index contributed by atoms with van der Waals surface area (Å²) in [7, 11) is 0. The molecule has 1 N–H and O–H groups in total. The molecule has 0 amide bonds. The molecule has 0 saturated carbocycles. The second-order valence-electron chi connectivity index (χ2n) is 6.25. The number of ether oxygens (including phenoxy) is 1. The van der Waals surface area contributed by atoms with Crippen LogP contribution in [0.2, 0.25) is 5.02 Å². The fraction of sp³-hybridized carbons (Fsp3) is 0.700. The Balaban J connectivity index is 1.78. The smallest absolute Gasteiger partial charge is 0.0591 e. The van der Waals surface area contributed by atoms with E-state index >= 15 is 0 Å². The minimum Gasteiger partial charge on any atom is -0.380 e. The van der Waals surface area contributed by atoms with Gasteiger partial charge in [0, 0.05) is 24.7 Å². The molecule has 1 rings (SSSR count). The number of hydrogen-bond acceptors (Lipinski definition) is 2. The van der Waals surface area contributed by atoms with Crippen molar-refractivity contribution in [1.29, 1.82) is 0 Å². The summed E-state index contributed by atoms with van der Waals surface area (Å²) < 4.78 is 5.67. The highest BCUT2D eigenvalue weighted by molar-refractivity contribution is 6.30. The Kier molecular flexibility index (Phi) is 13.3. The third kappa shape index (κ3) is 12.5. The molecule has 0 spiro atoms. The van der Waals surface area contributed by atoms with Gasteiger partial charge in [0.15, 0.2) is 0 Å². The van der Waals surface area contributed by atoms with Gasteiger partial charge in [-0.25, -0.2) is 0 Å². The first-order valence-corrected chi connectivity index (χ1v) is 9.73. The molecule has 0 radical (unpaired) electrons. The first kappa shape index (κ1) is 20.5. The summed E-state index contributed by atoms with van der Waals surface area (Å²) in [6, 6.07) is 7.97. The third-order valence-electron chi connectivity index (χ3n) is 4.03. The monoisotopic (exact) mass is 339 g/mol. The lowest BCUT2D eigenvalue weighted by atomic mass is 10.1. The molecule has 0 fully saturated rings. The Bertz CT molecular complexity index is 384. The van der Waals surface area contributed by atoms with Crippen molar-refractivity contribution in [2.24, 2.45) is 0 Å². The van der Waals surface area contributed by atoms with Gasteiger partial charge < -0.3 is 10.1 Å². The molecule has 0 aliphatic carbocycles. The van der Waals surface area contributed by atoms with Gasteiger partial charge in [-0.3, -0.25) is 0 Å². The van der Waals surface area contributed by atoms with Crippen molar-refractivity contribution in [3.63, 3.8) is 0 Å². The molecule has 1 aromatic carbocycles. The molecule has 3 heteroatoms. The topological polar surface area (TPSA) is 21.3 Å². The molecular formula is C20H34ClNO. The van der Waals surface area contributed by atoms with Crippen LogP contribution in [-0.2, 0) is 11.3 Å². The largest absolute Gasteiger partial charge is 0.380 e. The van der Waals surface area contributed by atoms with Crippen LogP contribution in [-0.4, -0.2) is 19.8 Å². The summed E-state index contributed by atoms with van der Waals surface area (Å²) in [4.78, 5) is 0. The zero-order valence-electron chi connectivity index (χ0n) is 14.8. The van der Waals surface area contributed by atoms with Crippen LogP contribution in [0.1, 0.15) is 70.3 Å². The van der Waals surface area contributed by atoms with Crippen molar-refractivity contribution in [3.05, 3.63) is 34.9 Å². The number of nitrogens with one attached hydrogen (secondary N) is 1. The Morgan fingerprint density at radius 1 is 0.913 bits per heavy atom. The van der Waals surface area contributed by atoms with E-state index in [2.05, 4.69) is 18.3 Å². The summed E-state index contributed by atoms with van der Waals surface area (Å²) in [5, 5.41) is 4.18. The van der Waals surface area contributed by atoms with Crippen LogP contribution in [0.15, 0.2) is 24.3 Å². The molecule has 0 bridgehead atoms. The average Bonchev–Trinajstić information content (AvgIpc) is 2.55. The van der Waals surface area contributed by atoms with Gasteiger partial charge >= 0.3 is 0 Å². The molecule has 0 atom stereocenters. The fourth-order valence-electron chi connectivity index (χ4n) is 2.64. The van der Waals surface area contributed by atoms with Crippen molar-refractivity contribution < 1.29 is 4.74 Å². The molecule has 0 aliphatic heterocycles. The lowest BCUT2D eigenvalue weighted by Crippen LogP contribution is -2.19. The summed E-state index contributed by atoms with van der Waals surface area (Å²) in [6.07, 6.45) is 12.3. The van der Waals surface area contributed by atoms with E-state index in [0.29, 0.717) is 0 Å². The number of rotatable bonds is 15. The van der Waals surface area contributed by atoms with Crippen LogP contribution in [0.5, 0.6) is 0 Å². The maximum absolute atomic E-state index is 5.96. The van der Waals surface area contributed by atoms with Gasteiger partial charge in [0.2, 0.25) is 0 Å². The van der Waals surface area contributed by atoms with Gasteiger partial charge in [0.1, 0.15) is 0 Å². The van der Waals surface area contributed by atoms with Crippen LogP contribution < -0.4 is 5.32 Å². The Labute approximate surface area is 148 Å². The summed E-state index contributed by atoms with van der Waals surface area (Å²) >= 11 is 5.96. The van der Waals surface area contributed by atoms with E-state index < -0.39 is 0 Å². The highest BCUT2D eigenvalue weighted by atomic mass is 35.5. The molecule has 132 valence electrons. The van der Waals surface area contributed by atoms with Crippen LogP contribution in [0.25, 0.3) is 0 Å². The molecule has 0 saturated heterocycles. The number of benzene rings is 1. The van der Waals surface area contributed by atoms with Crippen molar-refractivity contribution in [2.75, 3.05) is 19.8 Å². The van der Waals surface area contributed by atoms with E-state index in [-0.39, 0.29) is 0 Å². The van der Waals surface area contributed by atoms with Gasteiger partial charge in [-0.15, -0.1) is 0 Å². The van der Waals surface area contributed by atoms with Gasteiger partial charge in [-0.2, -0.15) is 0 Å². The van der Waals surface area contributed by atoms with Gasteiger partial charge in [0.05, 0.1) is 6.61 Å². The predicted molar refractivity (Wildman–Crippen MR) is 101 cm³/mol. The van der Waals surface area contributed by atoms with Crippen LogP contribution in [0.3, 0.4) is 0 Å².